The molecule has 114 valence electrons. The van der Waals surface area contributed by atoms with Crippen LogP contribution in [0.3, 0.4) is 0 Å². The molecule has 1 saturated heterocycles. The first kappa shape index (κ1) is 15.2. The molecule has 2 rings (SSSR count). The van der Waals surface area contributed by atoms with Crippen LogP contribution in [0.5, 0.6) is 5.75 Å². The maximum Gasteiger partial charge on any atom is 0.257 e. The fourth-order valence-electron chi connectivity index (χ4n) is 2.40. The van der Waals surface area contributed by atoms with Crippen LogP contribution in [0.2, 0.25) is 0 Å². The molecule has 1 aliphatic rings. The molecule has 6 nitrogen and oxygen atoms in total. The monoisotopic (exact) mass is 291 g/mol. The summed E-state index contributed by atoms with van der Waals surface area (Å²) >= 11 is 0. The van der Waals surface area contributed by atoms with Gasteiger partial charge in [-0.05, 0) is 12.1 Å². The van der Waals surface area contributed by atoms with Crippen LogP contribution in [0, 0.1) is 5.92 Å². The van der Waals surface area contributed by atoms with Gasteiger partial charge in [-0.15, -0.1) is 0 Å². The second-order valence-electron chi connectivity index (χ2n) is 5.52. The molecule has 1 fully saturated rings. The summed E-state index contributed by atoms with van der Waals surface area (Å²) in [6.45, 7) is 5.70. The van der Waals surface area contributed by atoms with E-state index in [4.69, 9.17) is 5.73 Å². The molecule has 1 aromatic rings. The number of anilines is 1. The van der Waals surface area contributed by atoms with Crippen molar-refractivity contribution in [1.82, 2.24) is 9.80 Å². The highest BCUT2D eigenvalue weighted by atomic mass is 16.3. The van der Waals surface area contributed by atoms with E-state index in [0.29, 0.717) is 26.2 Å². The van der Waals surface area contributed by atoms with Crippen molar-refractivity contribution in [1.29, 1.82) is 0 Å². The Kier molecular flexibility index (Phi) is 4.35. The molecule has 6 heteroatoms. The van der Waals surface area contributed by atoms with Crippen LogP contribution in [0.15, 0.2) is 18.2 Å². The molecule has 21 heavy (non-hydrogen) atoms. The molecule has 1 aliphatic heterocycles. The van der Waals surface area contributed by atoms with Gasteiger partial charge in [0.2, 0.25) is 5.91 Å². The number of carbonyl (C=O) groups excluding carboxylic acids is 2. The Morgan fingerprint density at radius 1 is 1.14 bits per heavy atom. The third-order valence-corrected chi connectivity index (χ3v) is 3.67. The number of carbonyl (C=O) groups is 2. The van der Waals surface area contributed by atoms with Crippen molar-refractivity contribution < 1.29 is 14.7 Å². The molecule has 2 amide bonds. The van der Waals surface area contributed by atoms with Crippen LogP contribution in [-0.2, 0) is 4.79 Å². The third-order valence-electron chi connectivity index (χ3n) is 3.67. The second-order valence-corrected chi connectivity index (χ2v) is 5.52. The zero-order valence-corrected chi connectivity index (χ0v) is 12.4. The van der Waals surface area contributed by atoms with Gasteiger partial charge in [0.15, 0.2) is 5.75 Å². The number of nitrogen functional groups attached to an aromatic ring is 1. The summed E-state index contributed by atoms with van der Waals surface area (Å²) < 4.78 is 0. The van der Waals surface area contributed by atoms with Crippen LogP contribution in [0.4, 0.5) is 5.69 Å². The van der Waals surface area contributed by atoms with Gasteiger partial charge >= 0.3 is 0 Å². The first-order valence-electron chi connectivity index (χ1n) is 7.07. The van der Waals surface area contributed by atoms with Crippen molar-refractivity contribution in [2.24, 2.45) is 5.92 Å². The Balaban J connectivity index is 2.04. The SMILES string of the molecule is CC(C)C(=O)N1CCN(C(=O)c2cccc(N)c2O)CC1. The predicted octanol–water partition coefficient (Wildman–Crippen LogP) is 0.915. The minimum Gasteiger partial charge on any atom is -0.505 e. The molecule has 0 aromatic heterocycles. The van der Waals surface area contributed by atoms with E-state index in [-0.39, 0.29) is 34.7 Å². The molecule has 1 aromatic carbocycles. The molecule has 3 N–H and O–H groups in total. The number of benzene rings is 1. The van der Waals surface area contributed by atoms with E-state index >= 15 is 0 Å². The van der Waals surface area contributed by atoms with Gasteiger partial charge in [0.25, 0.3) is 5.91 Å². The largest absolute Gasteiger partial charge is 0.505 e. The van der Waals surface area contributed by atoms with Crippen LogP contribution in [0.1, 0.15) is 24.2 Å². The normalized spacial score (nSPS) is 15.4. The van der Waals surface area contributed by atoms with E-state index in [1.807, 2.05) is 13.8 Å². The van der Waals surface area contributed by atoms with Gasteiger partial charge < -0.3 is 20.6 Å². The summed E-state index contributed by atoms with van der Waals surface area (Å²) in [7, 11) is 0. The van der Waals surface area contributed by atoms with Crippen LogP contribution < -0.4 is 5.73 Å². The quantitative estimate of drug-likeness (QED) is 0.626. The molecule has 0 unspecified atom stereocenters. The van der Waals surface area contributed by atoms with Crippen molar-refractivity contribution in [2.75, 3.05) is 31.9 Å². The van der Waals surface area contributed by atoms with Crippen LogP contribution >= 0.6 is 0 Å². The number of piperazine rings is 1. The molecule has 0 aliphatic carbocycles. The molecule has 0 saturated carbocycles. The summed E-state index contributed by atoms with van der Waals surface area (Å²) in [5, 5.41) is 9.87. The second kappa shape index (κ2) is 6.03. The fourth-order valence-corrected chi connectivity index (χ4v) is 2.40. The number of phenols is 1. The maximum atomic E-state index is 12.4. The molecule has 0 radical (unpaired) electrons. The lowest BCUT2D eigenvalue weighted by Crippen LogP contribution is -2.51. The molecular weight excluding hydrogens is 270 g/mol. The minimum atomic E-state index is -0.253. The lowest BCUT2D eigenvalue weighted by atomic mass is 10.1. The number of amides is 2. The smallest absolute Gasteiger partial charge is 0.257 e. The van der Waals surface area contributed by atoms with Gasteiger partial charge in [0.1, 0.15) is 0 Å². The zero-order chi connectivity index (χ0) is 15.6. The Morgan fingerprint density at radius 2 is 1.71 bits per heavy atom. The van der Waals surface area contributed by atoms with Crippen molar-refractivity contribution in [2.45, 2.75) is 13.8 Å². The number of phenolic OH excluding ortho intramolecular Hbond substituents is 1. The van der Waals surface area contributed by atoms with Crippen molar-refractivity contribution in [3.8, 4) is 5.75 Å². The maximum absolute atomic E-state index is 12.4. The van der Waals surface area contributed by atoms with E-state index in [0.717, 1.165) is 0 Å². The average molecular weight is 291 g/mol. The fraction of sp³-hybridized carbons (Fsp3) is 0.467. The summed E-state index contributed by atoms with van der Waals surface area (Å²) in [6.07, 6.45) is 0. The van der Waals surface area contributed by atoms with Gasteiger partial charge in [0, 0.05) is 32.1 Å². The van der Waals surface area contributed by atoms with Gasteiger partial charge in [-0.2, -0.15) is 0 Å². The number of hydrogen-bond donors (Lipinski definition) is 2. The third kappa shape index (κ3) is 3.09. The number of nitrogens with zero attached hydrogens (tertiary/aromatic N) is 2. The summed E-state index contributed by atoms with van der Waals surface area (Å²) in [5.74, 6) is -0.362. The first-order valence-corrected chi connectivity index (χ1v) is 7.07. The van der Waals surface area contributed by atoms with E-state index in [1.165, 1.54) is 0 Å². The molecule has 0 spiro atoms. The standard InChI is InChI=1S/C15H21N3O3/c1-10(2)14(20)17-6-8-18(9-7-17)15(21)11-4-3-5-12(16)13(11)19/h3-5,10,19H,6-9,16H2,1-2H3. The Bertz CT molecular complexity index is 549. The number of nitrogens with two attached hydrogens (primary N) is 1. The van der Waals surface area contributed by atoms with Gasteiger partial charge in [0.05, 0.1) is 11.3 Å². The number of rotatable bonds is 2. The average Bonchev–Trinajstić information content (AvgIpc) is 2.48. The number of hydrogen-bond acceptors (Lipinski definition) is 4. The van der Waals surface area contributed by atoms with E-state index in [9.17, 15) is 14.7 Å². The number of para-hydroxylation sites is 1. The molecule has 0 atom stereocenters. The first-order chi connectivity index (χ1) is 9.91. The highest BCUT2D eigenvalue weighted by Crippen LogP contribution is 2.26. The Hall–Kier alpha value is -2.24. The Morgan fingerprint density at radius 3 is 2.29 bits per heavy atom. The molecule has 1 heterocycles. The van der Waals surface area contributed by atoms with E-state index < -0.39 is 0 Å². The van der Waals surface area contributed by atoms with Gasteiger partial charge in [-0.3, -0.25) is 9.59 Å². The topological polar surface area (TPSA) is 86.9 Å². The highest BCUT2D eigenvalue weighted by Gasteiger charge is 2.27. The predicted molar refractivity (Wildman–Crippen MR) is 79.8 cm³/mol. The number of aromatic hydroxyl groups is 1. The van der Waals surface area contributed by atoms with Crippen molar-refractivity contribution in [3.63, 3.8) is 0 Å². The Labute approximate surface area is 124 Å². The summed E-state index contributed by atoms with van der Waals surface area (Å²) in [6, 6.07) is 4.74. The zero-order valence-electron chi connectivity index (χ0n) is 12.4. The lowest BCUT2D eigenvalue weighted by Gasteiger charge is -2.35. The van der Waals surface area contributed by atoms with Crippen molar-refractivity contribution in [3.05, 3.63) is 23.8 Å². The summed E-state index contributed by atoms with van der Waals surface area (Å²) in [5.41, 5.74) is 6.01. The van der Waals surface area contributed by atoms with E-state index in [1.54, 1.807) is 28.0 Å². The van der Waals surface area contributed by atoms with Crippen LogP contribution in [-0.4, -0.2) is 52.9 Å². The molecule has 0 bridgehead atoms. The van der Waals surface area contributed by atoms with Crippen LogP contribution in [0.25, 0.3) is 0 Å². The molecular formula is C15H21N3O3. The van der Waals surface area contributed by atoms with Crippen molar-refractivity contribution >= 4 is 17.5 Å². The lowest BCUT2D eigenvalue weighted by molar-refractivity contribution is -0.135. The van der Waals surface area contributed by atoms with E-state index in [2.05, 4.69) is 0 Å². The highest BCUT2D eigenvalue weighted by molar-refractivity contribution is 5.98. The minimum absolute atomic E-state index is 0.0368. The summed E-state index contributed by atoms with van der Waals surface area (Å²) in [4.78, 5) is 27.7. The van der Waals surface area contributed by atoms with Gasteiger partial charge in [-0.25, -0.2) is 0 Å². The van der Waals surface area contributed by atoms with Gasteiger partial charge in [-0.1, -0.05) is 19.9 Å².